The highest BCUT2D eigenvalue weighted by molar-refractivity contribution is 5.42. The van der Waals surface area contributed by atoms with E-state index in [2.05, 4.69) is 12.2 Å². The summed E-state index contributed by atoms with van der Waals surface area (Å²) in [6.45, 7) is 4.72. The van der Waals surface area contributed by atoms with Crippen molar-refractivity contribution in [2.24, 2.45) is 0 Å². The van der Waals surface area contributed by atoms with Crippen LogP contribution in [0.3, 0.4) is 0 Å². The smallest absolute Gasteiger partial charge is 0.160 e. The molecule has 2 atom stereocenters. The third kappa shape index (κ3) is 4.55. The highest BCUT2D eigenvalue weighted by Crippen LogP contribution is 2.28. The summed E-state index contributed by atoms with van der Waals surface area (Å²) < 4.78 is 5.08. The van der Waals surface area contributed by atoms with Gasteiger partial charge in [0.25, 0.3) is 0 Å². The number of benzene rings is 1. The largest absolute Gasteiger partial charge is 0.504 e. The van der Waals surface area contributed by atoms with E-state index in [1.165, 1.54) is 0 Å². The summed E-state index contributed by atoms with van der Waals surface area (Å²) in [4.78, 5) is 0. The van der Waals surface area contributed by atoms with Crippen molar-refractivity contribution in [3.63, 3.8) is 0 Å². The Morgan fingerprint density at radius 1 is 1.33 bits per heavy atom. The number of aliphatic hydroxyl groups is 1. The molecule has 0 saturated heterocycles. The van der Waals surface area contributed by atoms with Crippen LogP contribution in [0, 0.1) is 0 Å². The van der Waals surface area contributed by atoms with Crippen LogP contribution in [0.25, 0.3) is 0 Å². The van der Waals surface area contributed by atoms with Crippen LogP contribution in [0.5, 0.6) is 11.5 Å². The summed E-state index contributed by atoms with van der Waals surface area (Å²) in [5.41, 5.74) is 1.07. The molecule has 18 heavy (non-hydrogen) atoms. The number of nitrogens with one attached hydrogen (secondary N) is 1. The van der Waals surface area contributed by atoms with E-state index in [0.29, 0.717) is 5.75 Å². The van der Waals surface area contributed by atoms with Gasteiger partial charge in [0.1, 0.15) is 0 Å². The van der Waals surface area contributed by atoms with E-state index in [1.54, 1.807) is 20.1 Å². The van der Waals surface area contributed by atoms with E-state index in [-0.39, 0.29) is 17.9 Å². The monoisotopic (exact) mass is 253 g/mol. The highest BCUT2D eigenvalue weighted by atomic mass is 16.5. The molecule has 0 spiro atoms. The minimum Gasteiger partial charge on any atom is -0.504 e. The van der Waals surface area contributed by atoms with Crippen LogP contribution in [0.15, 0.2) is 18.2 Å². The molecule has 4 nitrogen and oxygen atoms in total. The maximum Gasteiger partial charge on any atom is 0.160 e. The lowest BCUT2D eigenvalue weighted by Gasteiger charge is -2.16. The van der Waals surface area contributed by atoms with E-state index in [9.17, 15) is 5.11 Å². The molecular formula is C14H23NO3. The molecule has 0 radical (unpaired) electrons. The van der Waals surface area contributed by atoms with Gasteiger partial charge in [0.2, 0.25) is 0 Å². The van der Waals surface area contributed by atoms with E-state index < -0.39 is 0 Å². The molecular weight excluding hydrogens is 230 g/mol. The van der Waals surface area contributed by atoms with E-state index in [1.807, 2.05) is 12.1 Å². The van der Waals surface area contributed by atoms with Crippen molar-refractivity contribution < 1.29 is 14.9 Å². The Bertz CT molecular complexity index is 366. The second-order valence-corrected chi connectivity index (χ2v) is 4.60. The van der Waals surface area contributed by atoms with Gasteiger partial charge in [0, 0.05) is 6.04 Å². The number of phenolic OH excluding ortho intramolecular Hbond substituents is 1. The molecule has 1 aromatic rings. The lowest BCUT2D eigenvalue weighted by atomic mass is 10.1. The first-order valence-electron chi connectivity index (χ1n) is 6.33. The van der Waals surface area contributed by atoms with Gasteiger partial charge in [-0.05, 0) is 50.9 Å². The van der Waals surface area contributed by atoms with E-state index in [4.69, 9.17) is 9.84 Å². The minimum atomic E-state index is -0.240. The summed E-state index contributed by atoms with van der Waals surface area (Å²) in [5, 5.41) is 22.1. The predicted octanol–water partition coefficient (Wildman–Crippen LogP) is 2.21. The molecule has 0 amide bonds. The van der Waals surface area contributed by atoms with Gasteiger partial charge in [-0.15, -0.1) is 0 Å². The zero-order valence-corrected chi connectivity index (χ0v) is 11.3. The molecule has 102 valence electrons. The zero-order valence-electron chi connectivity index (χ0n) is 11.3. The van der Waals surface area contributed by atoms with Gasteiger partial charge in [-0.2, -0.15) is 0 Å². The van der Waals surface area contributed by atoms with Gasteiger partial charge < -0.3 is 20.3 Å². The fourth-order valence-electron chi connectivity index (χ4n) is 1.80. The molecule has 4 heteroatoms. The Kier molecular flexibility index (Phi) is 5.95. The number of aliphatic hydroxyl groups excluding tert-OH is 1. The van der Waals surface area contributed by atoms with Crippen LogP contribution >= 0.6 is 0 Å². The molecule has 0 bridgehead atoms. The predicted molar refractivity (Wildman–Crippen MR) is 72.0 cm³/mol. The SMILES string of the molecule is COc1cc(C(C)NCCCC(C)O)ccc1O. The van der Waals surface area contributed by atoms with Crippen LogP contribution in [0.1, 0.15) is 38.3 Å². The maximum atomic E-state index is 9.52. The van der Waals surface area contributed by atoms with Crippen molar-refractivity contribution in [3.05, 3.63) is 23.8 Å². The molecule has 1 aromatic carbocycles. The van der Waals surface area contributed by atoms with E-state index >= 15 is 0 Å². The number of hydrogen-bond donors (Lipinski definition) is 3. The highest BCUT2D eigenvalue weighted by Gasteiger charge is 2.08. The summed E-state index contributed by atoms with van der Waals surface area (Å²) in [5.74, 6) is 0.646. The molecule has 2 unspecified atom stereocenters. The van der Waals surface area contributed by atoms with Crippen molar-refractivity contribution >= 4 is 0 Å². The Hall–Kier alpha value is -1.26. The van der Waals surface area contributed by atoms with Crippen molar-refractivity contribution in [1.29, 1.82) is 0 Å². The molecule has 1 rings (SSSR count). The van der Waals surface area contributed by atoms with Crippen molar-refractivity contribution in [3.8, 4) is 11.5 Å². The summed E-state index contributed by atoms with van der Waals surface area (Å²) in [6.07, 6.45) is 1.51. The number of hydrogen-bond acceptors (Lipinski definition) is 4. The number of ether oxygens (including phenoxy) is 1. The summed E-state index contributed by atoms with van der Waals surface area (Å²) >= 11 is 0. The van der Waals surface area contributed by atoms with Crippen LogP contribution in [-0.4, -0.2) is 30.0 Å². The maximum absolute atomic E-state index is 9.52. The van der Waals surface area contributed by atoms with Gasteiger partial charge in [-0.25, -0.2) is 0 Å². The van der Waals surface area contributed by atoms with Crippen LogP contribution in [0.2, 0.25) is 0 Å². The van der Waals surface area contributed by atoms with Crippen LogP contribution < -0.4 is 10.1 Å². The summed E-state index contributed by atoms with van der Waals surface area (Å²) in [7, 11) is 1.54. The van der Waals surface area contributed by atoms with Crippen LogP contribution in [-0.2, 0) is 0 Å². The topological polar surface area (TPSA) is 61.7 Å². The Morgan fingerprint density at radius 3 is 2.67 bits per heavy atom. The standard InChI is InChI=1S/C14H23NO3/c1-10(16)5-4-8-15-11(2)12-6-7-13(17)14(9-12)18-3/h6-7,9-11,15-17H,4-5,8H2,1-3H3. The number of aromatic hydroxyl groups is 1. The zero-order chi connectivity index (χ0) is 13.5. The molecule has 0 heterocycles. The molecule has 3 N–H and O–H groups in total. The third-order valence-corrected chi connectivity index (χ3v) is 2.95. The number of phenols is 1. The van der Waals surface area contributed by atoms with Gasteiger partial charge in [-0.1, -0.05) is 6.07 Å². The Balaban J connectivity index is 2.48. The van der Waals surface area contributed by atoms with Crippen molar-refractivity contribution in [1.82, 2.24) is 5.32 Å². The second-order valence-electron chi connectivity index (χ2n) is 4.60. The molecule has 0 aliphatic heterocycles. The van der Waals surface area contributed by atoms with Gasteiger partial charge in [0.05, 0.1) is 13.2 Å². The normalized spacial score (nSPS) is 14.2. The third-order valence-electron chi connectivity index (χ3n) is 2.95. The first-order valence-corrected chi connectivity index (χ1v) is 6.33. The first-order chi connectivity index (χ1) is 8.54. The van der Waals surface area contributed by atoms with Crippen molar-refractivity contribution in [2.75, 3.05) is 13.7 Å². The van der Waals surface area contributed by atoms with Gasteiger partial charge in [-0.3, -0.25) is 0 Å². The Labute approximate surface area is 109 Å². The molecule has 0 aliphatic rings. The average molecular weight is 253 g/mol. The summed E-state index contributed by atoms with van der Waals surface area (Å²) in [6, 6.07) is 5.54. The number of rotatable bonds is 7. The quantitative estimate of drug-likeness (QED) is 0.652. The van der Waals surface area contributed by atoms with Gasteiger partial charge in [0.15, 0.2) is 11.5 Å². The Morgan fingerprint density at radius 2 is 2.06 bits per heavy atom. The fraction of sp³-hybridized carbons (Fsp3) is 0.571. The molecule has 0 saturated carbocycles. The van der Waals surface area contributed by atoms with Crippen molar-refractivity contribution in [2.45, 2.75) is 38.8 Å². The lowest BCUT2D eigenvalue weighted by Crippen LogP contribution is -2.20. The molecule has 0 fully saturated rings. The molecule has 0 aromatic heterocycles. The first kappa shape index (κ1) is 14.8. The van der Waals surface area contributed by atoms with Crippen LogP contribution in [0.4, 0.5) is 0 Å². The van der Waals surface area contributed by atoms with Gasteiger partial charge >= 0.3 is 0 Å². The van der Waals surface area contributed by atoms with E-state index in [0.717, 1.165) is 24.9 Å². The fourth-order valence-corrected chi connectivity index (χ4v) is 1.80. The lowest BCUT2D eigenvalue weighted by molar-refractivity contribution is 0.181. The second kappa shape index (κ2) is 7.24. The minimum absolute atomic E-state index is 0.155. The number of methoxy groups -OCH3 is 1. The molecule has 0 aliphatic carbocycles. The average Bonchev–Trinajstić information content (AvgIpc) is 2.34.